The van der Waals surface area contributed by atoms with Crippen molar-refractivity contribution < 1.29 is 22.2 Å². The van der Waals surface area contributed by atoms with E-state index in [0.717, 1.165) is 12.5 Å². The Morgan fingerprint density at radius 1 is 1.25 bits per heavy atom. The number of carbonyl (C=O) groups excluding carboxylic acids is 1. The summed E-state index contributed by atoms with van der Waals surface area (Å²) >= 11 is 0. The monoisotopic (exact) mass is 402 g/mol. The van der Waals surface area contributed by atoms with Gasteiger partial charge < -0.3 is 5.32 Å². The van der Waals surface area contributed by atoms with Crippen LogP contribution in [0, 0.1) is 12.8 Å². The number of allylic oxidation sites excluding steroid dienone is 3. The second-order valence-corrected chi connectivity index (χ2v) is 8.03. The highest BCUT2D eigenvalue weighted by atomic mass is 32.2. The number of halogens is 1. The number of pyridine rings is 1. The molecule has 6 nitrogen and oxygen atoms in total. The molecule has 0 fully saturated rings. The van der Waals surface area contributed by atoms with Crippen LogP contribution in [-0.2, 0) is 10.1 Å². The third-order valence-corrected chi connectivity index (χ3v) is 5.77. The summed E-state index contributed by atoms with van der Waals surface area (Å²) in [6.45, 7) is 2.74. The SMILES string of the molecule is Cc1ccncc1NC1=C(S(=O)(=O)O)C(C)(F)C(C(=O)c2ccccc2)C=C1. The molecule has 0 amide bonds. The van der Waals surface area contributed by atoms with Crippen molar-refractivity contribution in [3.05, 3.63) is 82.7 Å². The first-order valence-corrected chi connectivity index (χ1v) is 9.92. The number of aromatic nitrogens is 1. The van der Waals surface area contributed by atoms with Gasteiger partial charge in [0, 0.05) is 11.8 Å². The fourth-order valence-corrected chi connectivity index (χ4v) is 4.23. The molecule has 2 aromatic rings. The molecule has 2 atom stereocenters. The van der Waals surface area contributed by atoms with Crippen molar-refractivity contribution >= 4 is 21.6 Å². The molecular weight excluding hydrogens is 383 g/mol. The lowest BCUT2D eigenvalue weighted by Gasteiger charge is -2.33. The fraction of sp³-hybridized carbons (Fsp3) is 0.200. The number of alkyl halides is 1. The zero-order valence-electron chi connectivity index (χ0n) is 15.3. The van der Waals surface area contributed by atoms with Crippen LogP contribution in [0.25, 0.3) is 0 Å². The average molecular weight is 402 g/mol. The van der Waals surface area contributed by atoms with Gasteiger partial charge in [0.15, 0.2) is 11.5 Å². The summed E-state index contributed by atoms with van der Waals surface area (Å²) in [7, 11) is -4.95. The van der Waals surface area contributed by atoms with Crippen LogP contribution in [0.1, 0.15) is 22.8 Å². The van der Waals surface area contributed by atoms with E-state index < -0.39 is 32.4 Å². The molecule has 0 saturated heterocycles. The Morgan fingerprint density at radius 2 is 1.93 bits per heavy atom. The Kier molecular flexibility index (Phi) is 5.18. The number of ketones is 1. The number of hydrogen-bond acceptors (Lipinski definition) is 5. The van der Waals surface area contributed by atoms with E-state index in [1.165, 1.54) is 30.5 Å². The summed E-state index contributed by atoms with van der Waals surface area (Å²) in [4.78, 5) is 15.8. The standard InChI is InChI=1S/C20H19FN2O4S/c1-13-10-11-22-12-17(13)23-16-9-8-15(18(24)14-6-4-3-5-7-14)20(2,21)19(16)28(25,26)27/h3-12,15,23H,1-2H3,(H,25,26,27). The zero-order valence-corrected chi connectivity index (χ0v) is 16.1. The second kappa shape index (κ2) is 7.29. The lowest BCUT2D eigenvalue weighted by atomic mass is 9.80. The van der Waals surface area contributed by atoms with Crippen LogP contribution in [0.4, 0.5) is 10.1 Å². The van der Waals surface area contributed by atoms with Crippen molar-refractivity contribution in [2.75, 3.05) is 5.32 Å². The van der Waals surface area contributed by atoms with Gasteiger partial charge in [0.1, 0.15) is 4.91 Å². The number of nitrogens with zero attached hydrogens (tertiary/aromatic N) is 1. The molecule has 1 heterocycles. The number of nitrogens with one attached hydrogen (secondary N) is 1. The lowest BCUT2D eigenvalue weighted by Crippen LogP contribution is -2.42. The molecule has 2 unspecified atom stereocenters. The van der Waals surface area contributed by atoms with E-state index in [1.54, 1.807) is 37.4 Å². The van der Waals surface area contributed by atoms with E-state index in [2.05, 4.69) is 10.3 Å². The molecule has 28 heavy (non-hydrogen) atoms. The molecule has 0 saturated carbocycles. The van der Waals surface area contributed by atoms with Crippen molar-refractivity contribution in [3.8, 4) is 0 Å². The van der Waals surface area contributed by atoms with Gasteiger partial charge in [-0.3, -0.25) is 14.3 Å². The number of anilines is 1. The quantitative estimate of drug-likeness (QED) is 0.585. The van der Waals surface area contributed by atoms with Crippen molar-refractivity contribution in [1.29, 1.82) is 0 Å². The Balaban J connectivity index is 2.08. The number of carbonyl (C=O) groups is 1. The van der Waals surface area contributed by atoms with Crippen molar-refractivity contribution in [3.63, 3.8) is 0 Å². The first-order chi connectivity index (χ1) is 13.1. The minimum atomic E-state index is -4.95. The molecule has 0 bridgehead atoms. The average Bonchev–Trinajstić information content (AvgIpc) is 2.62. The zero-order chi connectivity index (χ0) is 20.5. The normalized spacial score (nSPS) is 22.2. The Hall–Kier alpha value is -2.84. The second-order valence-electron chi connectivity index (χ2n) is 6.68. The number of Topliss-reactive ketones (excluding diaryl/α,β-unsaturated/α-hetero) is 1. The van der Waals surface area contributed by atoms with E-state index in [1.807, 2.05) is 0 Å². The van der Waals surface area contributed by atoms with Gasteiger partial charge in [0.2, 0.25) is 0 Å². The first-order valence-electron chi connectivity index (χ1n) is 8.48. The first kappa shape index (κ1) is 19.9. The number of benzene rings is 1. The summed E-state index contributed by atoms with van der Waals surface area (Å²) in [5.41, 5.74) is -1.37. The topological polar surface area (TPSA) is 96.4 Å². The molecule has 0 spiro atoms. The Morgan fingerprint density at radius 3 is 2.54 bits per heavy atom. The number of rotatable bonds is 5. The van der Waals surface area contributed by atoms with Crippen LogP contribution in [0.3, 0.4) is 0 Å². The van der Waals surface area contributed by atoms with Gasteiger partial charge in [-0.05, 0) is 31.6 Å². The molecule has 1 aliphatic carbocycles. The molecular formula is C20H19FN2O4S. The van der Waals surface area contributed by atoms with Crippen molar-refractivity contribution in [1.82, 2.24) is 4.98 Å². The predicted molar refractivity (Wildman–Crippen MR) is 104 cm³/mol. The summed E-state index contributed by atoms with van der Waals surface area (Å²) in [5, 5.41) is 2.80. The third kappa shape index (κ3) is 3.74. The van der Waals surface area contributed by atoms with Gasteiger partial charge in [-0.25, -0.2) is 4.39 Å². The molecule has 3 rings (SSSR count). The van der Waals surface area contributed by atoms with Crippen LogP contribution in [0.15, 0.2) is 71.5 Å². The Bertz CT molecular complexity index is 1080. The summed E-state index contributed by atoms with van der Waals surface area (Å²) in [6.07, 6.45) is 5.61. The lowest BCUT2D eigenvalue weighted by molar-refractivity contribution is 0.0816. The summed E-state index contributed by atoms with van der Waals surface area (Å²) in [5.74, 6) is -1.99. The maximum Gasteiger partial charge on any atom is 0.295 e. The fourth-order valence-electron chi connectivity index (χ4n) is 3.20. The molecule has 2 N–H and O–H groups in total. The van der Waals surface area contributed by atoms with E-state index in [-0.39, 0.29) is 11.3 Å². The van der Waals surface area contributed by atoms with Gasteiger partial charge in [0.05, 0.1) is 23.5 Å². The van der Waals surface area contributed by atoms with Gasteiger partial charge in [0.25, 0.3) is 10.1 Å². The molecule has 146 valence electrons. The maximum absolute atomic E-state index is 15.8. The highest BCUT2D eigenvalue weighted by Gasteiger charge is 2.49. The van der Waals surface area contributed by atoms with Crippen LogP contribution >= 0.6 is 0 Å². The van der Waals surface area contributed by atoms with Gasteiger partial charge in [-0.15, -0.1) is 0 Å². The van der Waals surface area contributed by atoms with Crippen LogP contribution in [0.5, 0.6) is 0 Å². The minimum Gasteiger partial charge on any atom is -0.353 e. The van der Waals surface area contributed by atoms with E-state index >= 15 is 4.39 Å². The van der Waals surface area contributed by atoms with Gasteiger partial charge in [-0.2, -0.15) is 8.42 Å². The minimum absolute atomic E-state index is 0.152. The summed E-state index contributed by atoms with van der Waals surface area (Å²) < 4.78 is 49.6. The third-order valence-electron chi connectivity index (χ3n) is 4.64. The number of hydrogen-bond donors (Lipinski definition) is 2. The highest BCUT2D eigenvalue weighted by Crippen LogP contribution is 2.41. The molecule has 0 aliphatic heterocycles. The largest absolute Gasteiger partial charge is 0.353 e. The maximum atomic E-state index is 15.8. The van der Waals surface area contributed by atoms with Gasteiger partial charge in [-0.1, -0.05) is 36.4 Å². The predicted octanol–water partition coefficient (Wildman–Crippen LogP) is 3.70. The van der Waals surface area contributed by atoms with Crippen LogP contribution < -0.4 is 5.32 Å². The van der Waals surface area contributed by atoms with E-state index in [9.17, 15) is 17.8 Å². The molecule has 1 aromatic carbocycles. The van der Waals surface area contributed by atoms with Crippen LogP contribution in [-0.4, -0.2) is 29.4 Å². The van der Waals surface area contributed by atoms with E-state index in [4.69, 9.17) is 0 Å². The smallest absolute Gasteiger partial charge is 0.295 e. The van der Waals surface area contributed by atoms with Crippen LogP contribution in [0.2, 0.25) is 0 Å². The van der Waals surface area contributed by atoms with Gasteiger partial charge >= 0.3 is 0 Å². The van der Waals surface area contributed by atoms with Crippen molar-refractivity contribution in [2.24, 2.45) is 5.92 Å². The number of aryl methyl sites for hydroxylation is 1. The molecule has 8 heteroatoms. The molecule has 1 aromatic heterocycles. The molecule has 0 radical (unpaired) electrons. The molecule has 1 aliphatic rings. The Labute approximate surface area is 162 Å². The van der Waals surface area contributed by atoms with Crippen molar-refractivity contribution in [2.45, 2.75) is 19.5 Å². The van der Waals surface area contributed by atoms with E-state index in [0.29, 0.717) is 5.69 Å². The summed E-state index contributed by atoms with van der Waals surface area (Å²) in [6, 6.07) is 9.72. The highest BCUT2D eigenvalue weighted by molar-refractivity contribution is 7.90.